The van der Waals surface area contributed by atoms with E-state index in [2.05, 4.69) is 21.2 Å². The highest BCUT2D eigenvalue weighted by Gasteiger charge is 2.14. The van der Waals surface area contributed by atoms with E-state index in [1.807, 2.05) is 0 Å². The van der Waals surface area contributed by atoms with Crippen LogP contribution in [0.3, 0.4) is 0 Å². The predicted octanol–water partition coefficient (Wildman–Crippen LogP) is 1.92. The molecule has 1 amide bonds. The Morgan fingerprint density at radius 1 is 1.65 bits per heavy atom. The minimum Gasteiger partial charge on any atom is -0.383 e. The maximum atomic E-state index is 13.3. The summed E-state index contributed by atoms with van der Waals surface area (Å²) in [6.45, 7) is 0.0873. The van der Waals surface area contributed by atoms with Crippen LogP contribution in [0.15, 0.2) is 22.7 Å². The van der Waals surface area contributed by atoms with Crippen LogP contribution >= 0.6 is 28.3 Å². The Morgan fingerprint density at radius 2 is 2.29 bits per heavy atom. The van der Waals surface area contributed by atoms with Crippen LogP contribution in [0.2, 0.25) is 0 Å². The average Bonchev–Trinajstić information content (AvgIpc) is 2.22. The highest BCUT2D eigenvalue weighted by molar-refractivity contribution is 9.10. The fourth-order valence-corrected chi connectivity index (χ4v) is 1.40. The van der Waals surface area contributed by atoms with Crippen molar-refractivity contribution in [3.05, 3.63) is 28.5 Å². The fourth-order valence-electron chi connectivity index (χ4n) is 1.07. The molecule has 3 N–H and O–H groups in total. The van der Waals surface area contributed by atoms with E-state index in [1.165, 1.54) is 19.2 Å². The Hall–Kier alpha value is -0.690. The maximum Gasteiger partial charge on any atom is 0.243 e. The number of nitrogens with one attached hydrogen (secondary N) is 1. The molecule has 0 spiro atoms. The van der Waals surface area contributed by atoms with Crippen LogP contribution in [-0.4, -0.2) is 25.7 Å². The van der Waals surface area contributed by atoms with Crippen LogP contribution in [0.4, 0.5) is 10.1 Å². The minimum absolute atomic E-state index is 0. The first-order chi connectivity index (χ1) is 7.54. The van der Waals surface area contributed by atoms with E-state index < -0.39 is 17.8 Å². The number of hydrogen-bond acceptors (Lipinski definition) is 3. The van der Waals surface area contributed by atoms with Gasteiger partial charge in [-0.3, -0.25) is 4.79 Å². The van der Waals surface area contributed by atoms with Crippen molar-refractivity contribution in [1.29, 1.82) is 0 Å². The average molecular weight is 328 g/mol. The molecule has 0 aliphatic rings. The third-order valence-corrected chi connectivity index (χ3v) is 2.37. The zero-order valence-corrected chi connectivity index (χ0v) is 11.5. The number of carbonyl (C=O) groups is 1. The second kappa shape index (κ2) is 7.60. The Balaban J connectivity index is 0.00000256. The van der Waals surface area contributed by atoms with Gasteiger partial charge in [0.15, 0.2) is 0 Å². The molecule has 0 aliphatic heterocycles. The van der Waals surface area contributed by atoms with Crippen molar-refractivity contribution >= 4 is 39.9 Å². The molecule has 7 heteroatoms. The summed E-state index contributed by atoms with van der Waals surface area (Å²) in [7, 11) is 1.44. The zero-order chi connectivity index (χ0) is 12.1. The summed E-state index contributed by atoms with van der Waals surface area (Å²) >= 11 is 3.12. The molecule has 0 aliphatic carbocycles. The number of anilines is 1. The van der Waals surface area contributed by atoms with Gasteiger partial charge in [-0.05, 0) is 18.2 Å². The van der Waals surface area contributed by atoms with E-state index in [4.69, 9.17) is 10.5 Å². The lowest BCUT2D eigenvalue weighted by Gasteiger charge is -2.11. The van der Waals surface area contributed by atoms with Gasteiger partial charge in [0.2, 0.25) is 5.91 Å². The minimum atomic E-state index is -0.812. The molecule has 1 aromatic carbocycles. The lowest BCUT2D eigenvalue weighted by Crippen LogP contribution is -2.39. The second-order valence-corrected chi connectivity index (χ2v) is 4.09. The zero-order valence-electron chi connectivity index (χ0n) is 9.07. The Morgan fingerprint density at radius 3 is 2.82 bits per heavy atom. The summed E-state index contributed by atoms with van der Waals surface area (Å²) in [5, 5.41) is 2.38. The van der Waals surface area contributed by atoms with Gasteiger partial charge >= 0.3 is 0 Å². The number of carbonyl (C=O) groups excluding carboxylic acids is 1. The van der Waals surface area contributed by atoms with Crippen LogP contribution in [0.5, 0.6) is 0 Å². The molecule has 0 radical (unpaired) electrons. The van der Waals surface area contributed by atoms with Crippen LogP contribution in [0.1, 0.15) is 0 Å². The van der Waals surface area contributed by atoms with Crippen molar-refractivity contribution in [2.24, 2.45) is 5.73 Å². The second-order valence-electron chi connectivity index (χ2n) is 3.18. The maximum absolute atomic E-state index is 13.3. The fraction of sp³-hybridized carbons (Fsp3) is 0.300. The van der Waals surface area contributed by atoms with Crippen LogP contribution in [0.25, 0.3) is 0 Å². The molecule has 4 nitrogen and oxygen atoms in total. The normalized spacial score (nSPS) is 11.5. The molecule has 0 fully saturated rings. The van der Waals surface area contributed by atoms with Crippen LogP contribution in [-0.2, 0) is 9.53 Å². The van der Waals surface area contributed by atoms with Gasteiger partial charge in [-0.2, -0.15) is 0 Å². The van der Waals surface area contributed by atoms with Crippen molar-refractivity contribution in [1.82, 2.24) is 0 Å². The van der Waals surface area contributed by atoms with E-state index in [0.717, 1.165) is 0 Å². The molecule has 17 heavy (non-hydrogen) atoms. The lowest BCUT2D eigenvalue weighted by molar-refractivity contribution is -0.118. The standard InChI is InChI=1S/C10H12BrFN2O2.ClH/c1-16-5-8(13)10(15)14-9-3-2-6(11)4-7(9)12;/h2-4,8H,5,13H2,1H3,(H,14,15);1H. The predicted molar refractivity (Wildman–Crippen MR) is 69.8 cm³/mol. The van der Waals surface area contributed by atoms with Gasteiger partial charge < -0.3 is 15.8 Å². The van der Waals surface area contributed by atoms with Crippen molar-refractivity contribution in [3.63, 3.8) is 0 Å². The summed E-state index contributed by atoms with van der Waals surface area (Å²) in [5.74, 6) is -1.00. The SMILES string of the molecule is COCC(N)C(=O)Nc1ccc(Br)cc1F.Cl. The summed E-state index contributed by atoms with van der Waals surface area (Å²) in [6, 6.07) is 3.53. The Bertz CT molecular complexity index is 393. The number of hydrogen-bond donors (Lipinski definition) is 2. The van der Waals surface area contributed by atoms with Gasteiger partial charge in [0, 0.05) is 11.6 Å². The first kappa shape index (κ1) is 16.3. The molecule has 1 unspecified atom stereocenters. The first-order valence-corrected chi connectivity index (χ1v) is 5.34. The number of benzene rings is 1. The van der Waals surface area contributed by atoms with E-state index in [1.54, 1.807) is 6.07 Å². The first-order valence-electron chi connectivity index (χ1n) is 4.55. The van der Waals surface area contributed by atoms with Gasteiger partial charge in [-0.1, -0.05) is 15.9 Å². The van der Waals surface area contributed by atoms with E-state index >= 15 is 0 Å². The van der Waals surface area contributed by atoms with Crippen molar-refractivity contribution in [2.75, 3.05) is 19.0 Å². The summed E-state index contributed by atoms with van der Waals surface area (Å²) in [4.78, 5) is 11.4. The topological polar surface area (TPSA) is 64.3 Å². The van der Waals surface area contributed by atoms with Gasteiger partial charge in [-0.25, -0.2) is 4.39 Å². The van der Waals surface area contributed by atoms with Gasteiger partial charge in [0.1, 0.15) is 11.9 Å². The van der Waals surface area contributed by atoms with Crippen molar-refractivity contribution < 1.29 is 13.9 Å². The molecule has 0 heterocycles. The summed E-state index contributed by atoms with van der Waals surface area (Å²) in [6.07, 6.45) is 0. The third kappa shape index (κ3) is 4.99. The number of ether oxygens (including phenoxy) is 1. The molecular weight excluding hydrogens is 314 g/mol. The molecule has 0 saturated carbocycles. The van der Waals surface area contributed by atoms with Crippen LogP contribution in [0, 0.1) is 5.82 Å². The van der Waals surface area contributed by atoms with Crippen LogP contribution < -0.4 is 11.1 Å². The molecule has 1 rings (SSSR count). The van der Waals surface area contributed by atoms with Gasteiger partial charge in [0.25, 0.3) is 0 Å². The monoisotopic (exact) mass is 326 g/mol. The molecule has 1 atom stereocenters. The number of amides is 1. The number of methoxy groups -OCH3 is 1. The van der Waals surface area contributed by atoms with Crippen molar-refractivity contribution in [3.8, 4) is 0 Å². The molecule has 96 valence electrons. The quantitative estimate of drug-likeness (QED) is 0.888. The van der Waals surface area contributed by atoms with Crippen molar-refractivity contribution in [2.45, 2.75) is 6.04 Å². The number of halogens is 3. The summed E-state index contributed by atoms with van der Waals surface area (Å²) < 4.78 is 18.7. The van der Waals surface area contributed by atoms with E-state index in [0.29, 0.717) is 4.47 Å². The van der Waals surface area contributed by atoms with E-state index in [9.17, 15) is 9.18 Å². The Labute approximate surface area is 113 Å². The molecular formula is C10H13BrClFN2O2. The smallest absolute Gasteiger partial charge is 0.243 e. The largest absolute Gasteiger partial charge is 0.383 e. The molecule has 0 bridgehead atoms. The molecule has 0 aromatic heterocycles. The van der Waals surface area contributed by atoms with Gasteiger partial charge in [-0.15, -0.1) is 12.4 Å². The Kier molecular flexibility index (Phi) is 7.29. The highest BCUT2D eigenvalue weighted by Crippen LogP contribution is 2.19. The third-order valence-electron chi connectivity index (χ3n) is 1.87. The number of nitrogens with two attached hydrogens (primary N) is 1. The molecule has 1 aromatic rings. The lowest BCUT2D eigenvalue weighted by atomic mass is 10.2. The number of rotatable bonds is 4. The van der Waals surface area contributed by atoms with Gasteiger partial charge in [0.05, 0.1) is 12.3 Å². The van der Waals surface area contributed by atoms with E-state index in [-0.39, 0.29) is 24.7 Å². The molecule has 0 saturated heterocycles. The summed E-state index contributed by atoms with van der Waals surface area (Å²) in [5.41, 5.74) is 5.58. The highest BCUT2D eigenvalue weighted by atomic mass is 79.9.